The van der Waals surface area contributed by atoms with E-state index in [2.05, 4.69) is 0 Å². The summed E-state index contributed by atoms with van der Waals surface area (Å²) in [6.45, 7) is 3.09. The van der Waals surface area contributed by atoms with Crippen molar-refractivity contribution in [2.45, 2.75) is 46.2 Å². The van der Waals surface area contributed by atoms with Crippen LogP contribution >= 0.6 is 6.83 Å². The van der Waals surface area contributed by atoms with Crippen molar-refractivity contribution in [3.63, 3.8) is 0 Å². The second kappa shape index (κ2) is 7.87. The van der Waals surface area contributed by atoms with Gasteiger partial charge in [0.15, 0.2) is 0 Å². The molecule has 22 heavy (non-hydrogen) atoms. The van der Waals surface area contributed by atoms with Crippen molar-refractivity contribution in [1.82, 2.24) is 0 Å². The van der Waals surface area contributed by atoms with Crippen molar-refractivity contribution in [1.29, 1.82) is 0 Å². The summed E-state index contributed by atoms with van der Waals surface area (Å²) in [5, 5.41) is 0. The van der Waals surface area contributed by atoms with Crippen LogP contribution in [0.2, 0.25) is 0 Å². The predicted molar refractivity (Wildman–Crippen MR) is 95.2 cm³/mol. The molecule has 1 rings (SSSR count). The molecule has 0 radical (unpaired) electrons. The zero-order valence-corrected chi connectivity index (χ0v) is 15.6. The molecule has 0 saturated carbocycles. The molecule has 1 aromatic carbocycles. The first-order chi connectivity index (χ1) is 10.3. The molecule has 0 aliphatic heterocycles. The van der Waals surface area contributed by atoms with Crippen molar-refractivity contribution in [2.24, 2.45) is 0 Å². The van der Waals surface area contributed by atoms with Gasteiger partial charge in [0.05, 0.1) is 0 Å². The summed E-state index contributed by atoms with van der Waals surface area (Å²) >= 11 is 0. The Morgan fingerprint density at radius 2 is 1.41 bits per heavy atom. The van der Waals surface area contributed by atoms with Gasteiger partial charge in [0, 0.05) is 0 Å². The molecule has 0 atom stereocenters. The quantitative estimate of drug-likeness (QED) is 0.491. The van der Waals surface area contributed by atoms with Crippen LogP contribution in [0.25, 0.3) is 0 Å². The van der Waals surface area contributed by atoms with E-state index in [9.17, 15) is 13.0 Å². The monoisotopic (exact) mass is 348 g/mol. The topological polar surface area (TPSA) is 63.6 Å². The molecule has 6 heteroatoms. The van der Waals surface area contributed by atoms with E-state index in [1.165, 1.54) is 0 Å². The van der Waals surface area contributed by atoms with Crippen molar-refractivity contribution >= 4 is 17.2 Å². The molecule has 1 N–H and O–H groups in total. The standard InChI is InChI=1S/C16H29O4PS/c1-4-12-21(13-5-2,14-6-3,20-22(17,18)19)15-16-10-8-7-9-11-16/h7-11H,4-6,12-15H2,1-3H3,(H,17,18,19). The molecular weight excluding hydrogens is 319 g/mol. The van der Waals surface area contributed by atoms with E-state index < -0.39 is 17.2 Å². The van der Waals surface area contributed by atoms with Gasteiger partial charge in [-0.05, 0) is 0 Å². The van der Waals surface area contributed by atoms with Crippen LogP contribution < -0.4 is 0 Å². The van der Waals surface area contributed by atoms with Gasteiger partial charge in [0.2, 0.25) is 0 Å². The summed E-state index contributed by atoms with van der Waals surface area (Å²) in [7, 11) is -4.47. The first kappa shape index (κ1) is 19.6. The van der Waals surface area contributed by atoms with E-state index in [1.807, 2.05) is 51.1 Å². The van der Waals surface area contributed by atoms with E-state index in [0.29, 0.717) is 6.16 Å². The normalized spacial score (nSPS) is 14.5. The average molecular weight is 348 g/mol. The Hall–Kier alpha value is -0.480. The molecule has 0 aliphatic rings. The van der Waals surface area contributed by atoms with Crippen molar-refractivity contribution in [2.75, 3.05) is 18.5 Å². The number of rotatable bonds is 10. The molecule has 128 valence electrons. The van der Waals surface area contributed by atoms with E-state index in [1.54, 1.807) is 0 Å². The minimum atomic E-state index is -4.47. The molecule has 0 bridgehead atoms. The molecule has 0 saturated heterocycles. The molecule has 0 heterocycles. The van der Waals surface area contributed by atoms with Crippen LogP contribution in [0, 0.1) is 0 Å². The third-order valence-electron chi connectivity index (χ3n) is 4.10. The Balaban J connectivity index is 3.40. The summed E-state index contributed by atoms with van der Waals surface area (Å²) in [6.07, 6.45) is 5.33. The molecule has 0 amide bonds. The van der Waals surface area contributed by atoms with Crippen LogP contribution in [0.15, 0.2) is 30.3 Å². The molecule has 0 fully saturated rings. The molecule has 1 aromatic rings. The third-order valence-corrected chi connectivity index (χ3v) is 12.4. The van der Waals surface area contributed by atoms with Gasteiger partial charge in [-0.2, -0.15) is 0 Å². The second-order valence-corrected chi connectivity index (χ2v) is 13.0. The van der Waals surface area contributed by atoms with Crippen molar-refractivity contribution in [3.8, 4) is 0 Å². The molecule has 0 spiro atoms. The van der Waals surface area contributed by atoms with Crippen molar-refractivity contribution < 1.29 is 16.9 Å². The summed E-state index contributed by atoms with van der Waals surface area (Å²) in [5.41, 5.74) is 1.08. The predicted octanol–water partition coefficient (Wildman–Crippen LogP) is 4.70. The number of hydrogen-bond acceptors (Lipinski definition) is 3. The Bertz CT molecular complexity index is 537. The maximum atomic E-state index is 11.6. The van der Waals surface area contributed by atoms with E-state index >= 15 is 0 Å². The van der Waals surface area contributed by atoms with Gasteiger partial charge in [-0.15, -0.1) is 0 Å². The zero-order valence-electron chi connectivity index (χ0n) is 13.9. The Kier molecular flexibility index (Phi) is 7.00. The van der Waals surface area contributed by atoms with Gasteiger partial charge in [0.25, 0.3) is 0 Å². The minimum absolute atomic E-state index is 0.613. The first-order valence-electron chi connectivity index (χ1n) is 8.02. The van der Waals surface area contributed by atoms with Gasteiger partial charge in [-0.25, -0.2) is 0 Å². The maximum absolute atomic E-state index is 11.6. The molecular formula is C16H29O4PS. The van der Waals surface area contributed by atoms with Crippen LogP contribution in [0.5, 0.6) is 0 Å². The van der Waals surface area contributed by atoms with Gasteiger partial charge in [0.1, 0.15) is 0 Å². The SMILES string of the molecule is CCCP(CCC)(CCC)(Cc1ccccc1)OS(=O)(=O)O. The third kappa shape index (κ3) is 5.31. The molecule has 4 nitrogen and oxygen atoms in total. The summed E-state index contributed by atoms with van der Waals surface area (Å²) in [6, 6.07) is 9.88. The van der Waals surface area contributed by atoms with Crippen molar-refractivity contribution in [3.05, 3.63) is 35.9 Å². The Labute approximate surface area is 135 Å². The van der Waals surface area contributed by atoms with Crippen LogP contribution in [0.3, 0.4) is 0 Å². The van der Waals surface area contributed by atoms with E-state index in [0.717, 1.165) is 43.3 Å². The van der Waals surface area contributed by atoms with Crippen LogP contribution in [0.4, 0.5) is 0 Å². The van der Waals surface area contributed by atoms with Gasteiger partial charge >= 0.3 is 135 Å². The number of hydrogen-bond donors (Lipinski definition) is 1. The van der Waals surface area contributed by atoms with E-state index in [-0.39, 0.29) is 0 Å². The fourth-order valence-electron chi connectivity index (χ4n) is 3.72. The van der Waals surface area contributed by atoms with Gasteiger partial charge in [-0.3, -0.25) is 0 Å². The average Bonchev–Trinajstić information content (AvgIpc) is 2.38. The van der Waals surface area contributed by atoms with Crippen LogP contribution in [-0.2, 0) is 20.5 Å². The summed E-state index contributed by atoms with van der Waals surface area (Å²) in [4.78, 5) is 0. The molecule has 0 aromatic heterocycles. The Morgan fingerprint density at radius 3 is 1.77 bits per heavy atom. The fourth-order valence-corrected chi connectivity index (χ4v) is 12.6. The second-order valence-electron chi connectivity index (χ2n) is 6.17. The summed E-state index contributed by atoms with van der Waals surface area (Å²) in [5.74, 6) is 0. The van der Waals surface area contributed by atoms with Gasteiger partial charge < -0.3 is 0 Å². The first-order valence-corrected chi connectivity index (χ1v) is 12.3. The zero-order chi connectivity index (χ0) is 16.7. The summed E-state index contributed by atoms with van der Waals surface area (Å²) < 4.78 is 38.3. The molecule has 0 aliphatic carbocycles. The van der Waals surface area contributed by atoms with Gasteiger partial charge in [-0.1, -0.05) is 0 Å². The van der Waals surface area contributed by atoms with Crippen LogP contribution in [-0.4, -0.2) is 31.5 Å². The molecule has 0 unspecified atom stereocenters. The van der Waals surface area contributed by atoms with Crippen LogP contribution in [0.1, 0.15) is 45.6 Å². The van der Waals surface area contributed by atoms with E-state index in [4.69, 9.17) is 3.97 Å². The fraction of sp³-hybridized carbons (Fsp3) is 0.625. The number of benzene rings is 1. The Morgan fingerprint density at radius 1 is 0.955 bits per heavy atom.